The van der Waals surface area contributed by atoms with Crippen molar-refractivity contribution in [3.8, 4) is 0 Å². The Morgan fingerprint density at radius 1 is 1.04 bits per heavy atom. The summed E-state index contributed by atoms with van der Waals surface area (Å²) >= 11 is 0. The molecule has 1 aromatic carbocycles. The number of aryl methyl sites for hydroxylation is 1. The minimum atomic E-state index is -3.50. The Kier molecular flexibility index (Phi) is 4.97. The van der Waals surface area contributed by atoms with Crippen LogP contribution in [-0.4, -0.2) is 42.0 Å². The van der Waals surface area contributed by atoms with Gasteiger partial charge in [-0.25, -0.2) is 0 Å². The van der Waals surface area contributed by atoms with Crippen molar-refractivity contribution in [2.75, 3.05) is 31.1 Å². The Morgan fingerprint density at radius 2 is 1.76 bits per heavy atom. The summed E-state index contributed by atoms with van der Waals surface area (Å²) in [6.45, 7) is 3.47. The molecule has 1 aromatic heterocycles. The number of benzene rings is 1. The summed E-state index contributed by atoms with van der Waals surface area (Å²) in [5.41, 5.74) is 1.21. The number of halogens is 2. The molecule has 0 radical (unpaired) electrons. The largest absolute Gasteiger partial charge is 0.370 e. The molecular weight excluding hydrogens is 324 g/mol. The Balaban J connectivity index is 1.74. The number of carbonyl (C=O) groups is 1. The highest BCUT2D eigenvalue weighted by Gasteiger charge is 2.44. The number of nitrogens with zero attached hydrogens (tertiary/aromatic N) is 3. The fourth-order valence-corrected chi connectivity index (χ4v) is 3.17. The zero-order chi connectivity index (χ0) is 17.9. The number of carbonyl (C=O) groups excluding carboxylic acids is 1. The fraction of sp³-hybridized carbons (Fsp3) is 0.368. The molecule has 0 N–H and O–H groups in total. The number of hydrogen-bond donors (Lipinski definition) is 0. The van der Waals surface area contributed by atoms with Gasteiger partial charge in [-0.3, -0.25) is 9.78 Å². The summed E-state index contributed by atoms with van der Waals surface area (Å²) in [4.78, 5) is 19.9. The molecule has 1 amide bonds. The van der Waals surface area contributed by atoms with Gasteiger partial charge < -0.3 is 9.80 Å². The highest BCUT2D eigenvalue weighted by molar-refractivity contribution is 5.85. The first kappa shape index (κ1) is 17.3. The van der Waals surface area contributed by atoms with Crippen molar-refractivity contribution in [3.63, 3.8) is 0 Å². The molecule has 0 spiro atoms. The monoisotopic (exact) mass is 345 g/mol. The van der Waals surface area contributed by atoms with Crippen LogP contribution < -0.4 is 4.90 Å². The number of hydrogen-bond acceptors (Lipinski definition) is 3. The predicted molar refractivity (Wildman–Crippen MR) is 92.7 cm³/mol. The lowest BCUT2D eigenvalue weighted by atomic mass is 10.0. The van der Waals surface area contributed by atoms with Gasteiger partial charge in [-0.05, 0) is 31.0 Å². The molecule has 1 saturated heterocycles. The first-order valence-corrected chi connectivity index (χ1v) is 8.38. The average Bonchev–Trinajstić information content (AvgIpc) is 2.88. The average molecular weight is 345 g/mol. The second-order valence-corrected chi connectivity index (χ2v) is 6.23. The second kappa shape index (κ2) is 7.17. The van der Waals surface area contributed by atoms with Crippen molar-refractivity contribution in [1.82, 2.24) is 9.88 Å². The molecule has 0 aliphatic carbocycles. The third-order valence-electron chi connectivity index (χ3n) is 4.56. The van der Waals surface area contributed by atoms with E-state index in [0.717, 1.165) is 12.2 Å². The number of rotatable bonds is 3. The summed E-state index contributed by atoms with van der Waals surface area (Å²) < 4.78 is 29.5. The zero-order valence-electron chi connectivity index (χ0n) is 14.2. The minimum absolute atomic E-state index is 0.213. The summed E-state index contributed by atoms with van der Waals surface area (Å²) in [5.74, 6) is -4.62. The Hall–Kier alpha value is -2.50. The molecule has 6 heteroatoms. The quantitative estimate of drug-likeness (QED) is 0.857. The zero-order valence-corrected chi connectivity index (χ0v) is 14.2. The van der Waals surface area contributed by atoms with Crippen molar-refractivity contribution < 1.29 is 13.6 Å². The molecule has 1 aliphatic rings. The molecule has 1 fully saturated rings. The minimum Gasteiger partial charge on any atom is -0.370 e. The summed E-state index contributed by atoms with van der Waals surface area (Å²) in [7, 11) is 0. The van der Waals surface area contributed by atoms with Gasteiger partial charge in [0.2, 0.25) is 0 Å². The van der Waals surface area contributed by atoms with Crippen LogP contribution in [0.15, 0.2) is 48.8 Å². The summed E-state index contributed by atoms with van der Waals surface area (Å²) in [5, 5.41) is 0. The molecular formula is C19H21F2N3O. The molecule has 2 aromatic rings. The SMILES string of the molecule is Cc1ccccc1C(F)(F)C(=O)N1CCCN(c2ccncc2)CC1. The van der Waals surface area contributed by atoms with Crippen LogP contribution in [0.5, 0.6) is 0 Å². The topological polar surface area (TPSA) is 36.4 Å². The summed E-state index contributed by atoms with van der Waals surface area (Å²) in [6, 6.07) is 9.94. The van der Waals surface area contributed by atoms with E-state index in [1.807, 2.05) is 12.1 Å². The summed E-state index contributed by atoms with van der Waals surface area (Å²) in [6.07, 6.45) is 4.06. The lowest BCUT2D eigenvalue weighted by Crippen LogP contribution is -2.44. The third-order valence-corrected chi connectivity index (χ3v) is 4.56. The highest BCUT2D eigenvalue weighted by atomic mass is 19.3. The third kappa shape index (κ3) is 3.62. The number of anilines is 1. The Bertz CT molecular complexity index is 736. The second-order valence-electron chi connectivity index (χ2n) is 6.23. The molecule has 2 heterocycles. The molecule has 1 aliphatic heterocycles. The lowest BCUT2D eigenvalue weighted by molar-refractivity contribution is -0.158. The van der Waals surface area contributed by atoms with Crippen LogP contribution in [0, 0.1) is 6.92 Å². The van der Waals surface area contributed by atoms with Crippen molar-refractivity contribution in [1.29, 1.82) is 0 Å². The van der Waals surface area contributed by atoms with E-state index >= 15 is 0 Å². The van der Waals surface area contributed by atoms with Crippen LogP contribution in [-0.2, 0) is 10.7 Å². The molecule has 3 rings (SSSR count). The Morgan fingerprint density at radius 3 is 2.48 bits per heavy atom. The van der Waals surface area contributed by atoms with Gasteiger partial charge in [-0.1, -0.05) is 24.3 Å². The van der Waals surface area contributed by atoms with Crippen LogP contribution in [0.4, 0.5) is 14.5 Å². The maximum Gasteiger partial charge on any atom is 0.350 e. The van der Waals surface area contributed by atoms with E-state index in [2.05, 4.69) is 9.88 Å². The maximum absolute atomic E-state index is 14.7. The standard InChI is InChI=1S/C19H21F2N3O/c1-15-5-2-3-6-17(15)19(20,21)18(25)24-12-4-11-23(13-14-24)16-7-9-22-10-8-16/h2-3,5-10H,4,11-14H2,1H3. The number of aromatic nitrogens is 1. The fourth-order valence-electron chi connectivity index (χ4n) is 3.17. The normalized spacial score (nSPS) is 15.8. The molecule has 4 nitrogen and oxygen atoms in total. The maximum atomic E-state index is 14.7. The van der Waals surface area contributed by atoms with Crippen LogP contribution >= 0.6 is 0 Å². The molecule has 25 heavy (non-hydrogen) atoms. The smallest absolute Gasteiger partial charge is 0.350 e. The molecule has 0 bridgehead atoms. The van der Waals surface area contributed by atoms with Gasteiger partial charge in [0.1, 0.15) is 0 Å². The molecule has 0 atom stereocenters. The molecule has 0 unspecified atom stereocenters. The number of pyridine rings is 1. The highest BCUT2D eigenvalue weighted by Crippen LogP contribution is 2.33. The van der Waals surface area contributed by atoms with Crippen molar-refractivity contribution in [2.24, 2.45) is 0 Å². The van der Waals surface area contributed by atoms with Crippen LogP contribution in [0.3, 0.4) is 0 Å². The van der Waals surface area contributed by atoms with Crippen molar-refractivity contribution >= 4 is 11.6 Å². The van der Waals surface area contributed by atoms with Gasteiger partial charge in [-0.15, -0.1) is 0 Å². The van der Waals surface area contributed by atoms with E-state index in [1.54, 1.807) is 31.5 Å². The van der Waals surface area contributed by atoms with E-state index in [4.69, 9.17) is 0 Å². The van der Waals surface area contributed by atoms with E-state index < -0.39 is 11.8 Å². The van der Waals surface area contributed by atoms with Crippen molar-refractivity contribution in [3.05, 3.63) is 59.9 Å². The van der Waals surface area contributed by atoms with E-state index in [0.29, 0.717) is 25.1 Å². The van der Waals surface area contributed by atoms with Gasteiger partial charge in [0.05, 0.1) is 0 Å². The van der Waals surface area contributed by atoms with Crippen molar-refractivity contribution in [2.45, 2.75) is 19.3 Å². The molecule has 132 valence electrons. The predicted octanol–water partition coefficient (Wildman–Crippen LogP) is 3.22. The first-order chi connectivity index (χ1) is 12.0. The van der Waals surface area contributed by atoms with Gasteiger partial charge in [0.15, 0.2) is 0 Å². The number of amides is 1. The van der Waals surface area contributed by atoms with Crippen LogP contribution in [0.2, 0.25) is 0 Å². The first-order valence-electron chi connectivity index (χ1n) is 8.38. The van der Waals surface area contributed by atoms with Gasteiger partial charge in [0.25, 0.3) is 5.91 Å². The van der Waals surface area contributed by atoms with Gasteiger partial charge in [0, 0.05) is 49.8 Å². The van der Waals surface area contributed by atoms with Gasteiger partial charge in [-0.2, -0.15) is 8.78 Å². The van der Waals surface area contributed by atoms with Crippen LogP contribution in [0.25, 0.3) is 0 Å². The van der Waals surface area contributed by atoms with E-state index in [-0.39, 0.29) is 12.1 Å². The lowest BCUT2D eigenvalue weighted by Gasteiger charge is -2.27. The molecule has 0 saturated carbocycles. The number of alkyl halides is 2. The van der Waals surface area contributed by atoms with E-state index in [9.17, 15) is 13.6 Å². The Labute approximate surface area is 146 Å². The van der Waals surface area contributed by atoms with E-state index in [1.165, 1.54) is 17.0 Å². The van der Waals surface area contributed by atoms with Crippen LogP contribution in [0.1, 0.15) is 17.5 Å². The van der Waals surface area contributed by atoms with Gasteiger partial charge >= 0.3 is 5.92 Å².